The third-order valence-corrected chi connectivity index (χ3v) is 3.38. The van der Waals surface area contributed by atoms with Crippen LogP contribution in [0.15, 0.2) is 6.20 Å². The monoisotopic (exact) mass is 229 g/mol. The third-order valence-electron chi connectivity index (χ3n) is 1.86. The highest BCUT2D eigenvalue weighted by Gasteiger charge is 2.08. The van der Waals surface area contributed by atoms with E-state index in [9.17, 15) is 5.11 Å². The molecule has 1 unspecified atom stereocenters. The lowest BCUT2D eigenvalue weighted by molar-refractivity contribution is 0.199. The molecule has 0 aliphatic carbocycles. The van der Waals surface area contributed by atoms with Crippen LogP contribution in [0.1, 0.15) is 19.5 Å². The van der Waals surface area contributed by atoms with Crippen molar-refractivity contribution >= 4 is 11.8 Å². The molecule has 0 radical (unpaired) electrons. The number of aryl methyl sites for hydroxylation is 1. The van der Waals surface area contributed by atoms with E-state index in [4.69, 9.17) is 0 Å². The summed E-state index contributed by atoms with van der Waals surface area (Å²) < 4.78 is 1.66. The molecule has 5 heteroatoms. The summed E-state index contributed by atoms with van der Waals surface area (Å²) in [6, 6.07) is 0. The van der Waals surface area contributed by atoms with Gasteiger partial charge in [0.15, 0.2) is 0 Å². The first kappa shape index (κ1) is 12.5. The predicted molar refractivity (Wildman–Crippen MR) is 62.9 cm³/mol. The average molecular weight is 229 g/mol. The topological polar surface area (TPSA) is 50.9 Å². The molecule has 0 aliphatic rings. The van der Waals surface area contributed by atoms with Crippen molar-refractivity contribution in [1.82, 2.24) is 15.0 Å². The fourth-order valence-corrected chi connectivity index (χ4v) is 2.23. The average Bonchev–Trinajstić information content (AvgIpc) is 2.50. The zero-order chi connectivity index (χ0) is 11.3. The van der Waals surface area contributed by atoms with Crippen molar-refractivity contribution in [2.24, 2.45) is 13.0 Å². The second-order valence-electron chi connectivity index (χ2n) is 4.17. The van der Waals surface area contributed by atoms with Gasteiger partial charge in [-0.2, -0.15) is 11.8 Å². The second kappa shape index (κ2) is 6.12. The van der Waals surface area contributed by atoms with Gasteiger partial charge < -0.3 is 5.11 Å². The molecule has 1 heterocycles. The molecule has 1 aromatic rings. The molecule has 0 amide bonds. The minimum Gasteiger partial charge on any atom is -0.392 e. The van der Waals surface area contributed by atoms with Gasteiger partial charge in [0.05, 0.1) is 11.8 Å². The van der Waals surface area contributed by atoms with E-state index in [1.807, 2.05) is 13.2 Å². The normalized spacial score (nSPS) is 13.4. The molecule has 0 aliphatic heterocycles. The standard InChI is InChI=1S/C10H19N3OS/c1-8(2)6-15-7-10(14)4-9-5-13(3)12-11-9/h5,8,10,14H,4,6-7H2,1-3H3. The van der Waals surface area contributed by atoms with E-state index in [2.05, 4.69) is 24.2 Å². The van der Waals surface area contributed by atoms with E-state index < -0.39 is 0 Å². The highest BCUT2D eigenvalue weighted by atomic mass is 32.2. The zero-order valence-corrected chi connectivity index (χ0v) is 10.4. The van der Waals surface area contributed by atoms with E-state index in [0.29, 0.717) is 12.3 Å². The van der Waals surface area contributed by atoms with Crippen LogP contribution >= 0.6 is 11.8 Å². The largest absolute Gasteiger partial charge is 0.392 e. The number of aliphatic hydroxyl groups is 1. The van der Waals surface area contributed by atoms with Gasteiger partial charge in [-0.1, -0.05) is 19.1 Å². The number of aromatic nitrogens is 3. The predicted octanol–water partition coefficient (Wildman–Crippen LogP) is 1.11. The molecule has 1 aromatic heterocycles. The zero-order valence-electron chi connectivity index (χ0n) is 9.55. The molecule has 15 heavy (non-hydrogen) atoms. The maximum Gasteiger partial charge on any atom is 0.0853 e. The first-order valence-corrected chi connectivity index (χ1v) is 6.34. The van der Waals surface area contributed by atoms with Crippen LogP contribution in [0.4, 0.5) is 0 Å². The Kier molecular flexibility index (Phi) is 5.11. The minimum atomic E-state index is -0.314. The van der Waals surface area contributed by atoms with Crippen molar-refractivity contribution in [1.29, 1.82) is 0 Å². The van der Waals surface area contributed by atoms with E-state index in [1.165, 1.54) is 0 Å². The summed E-state index contributed by atoms with van der Waals surface area (Å²) in [4.78, 5) is 0. The van der Waals surface area contributed by atoms with Crippen LogP contribution in [0.3, 0.4) is 0 Å². The second-order valence-corrected chi connectivity index (χ2v) is 5.25. The maximum absolute atomic E-state index is 9.73. The Labute approximate surface area is 95.1 Å². The van der Waals surface area contributed by atoms with Crippen LogP contribution in [0.2, 0.25) is 0 Å². The Hall–Kier alpha value is -0.550. The molecule has 0 bridgehead atoms. The molecule has 1 N–H and O–H groups in total. The van der Waals surface area contributed by atoms with Crippen molar-refractivity contribution in [3.8, 4) is 0 Å². The van der Waals surface area contributed by atoms with Crippen molar-refractivity contribution in [2.75, 3.05) is 11.5 Å². The van der Waals surface area contributed by atoms with Gasteiger partial charge in [-0.3, -0.25) is 4.68 Å². The van der Waals surface area contributed by atoms with Crippen LogP contribution < -0.4 is 0 Å². The van der Waals surface area contributed by atoms with Crippen molar-refractivity contribution in [3.63, 3.8) is 0 Å². The highest BCUT2D eigenvalue weighted by Crippen LogP contribution is 2.10. The van der Waals surface area contributed by atoms with E-state index in [-0.39, 0.29) is 6.10 Å². The number of aliphatic hydroxyl groups excluding tert-OH is 1. The van der Waals surface area contributed by atoms with Crippen molar-refractivity contribution < 1.29 is 5.11 Å². The molecule has 1 atom stereocenters. The Balaban J connectivity index is 2.21. The number of nitrogens with zero attached hydrogens (tertiary/aromatic N) is 3. The molecule has 0 saturated heterocycles. The van der Waals surface area contributed by atoms with Crippen LogP contribution in [-0.4, -0.2) is 37.7 Å². The lowest BCUT2D eigenvalue weighted by atomic mass is 10.2. The number of hydrogen-bond acceptors (Lipinski definition) is 4. The van der Waals surface area contributed by atoms with E-state index in [0.717, 1.165) is 17.2 Å². The lowest BCUT2D eigenvalue weighted by Gasteiger charge is -2.09. The SMILES string of the molecule is CC(C)CSCC(O)Cc1cn(C)nn1. The number of thioether (sulfide) groups is 1. The molecule has 4 nitrogen and oxygen atoms in total. The Morgan fingerprint density at radius 2 is 2.20 bits per heavy atom. The maximum atomic E-state index is 9.73. The van der Waals surface area contributed by atoms with Crippen molar-refractivity contribution in [2.45, 2.75) is 26.4 Å². The van der Waals surface area contributed by atoms with Crippen LogP contribution in [0.5, 0.6) is 0 Å². The molecule has 86 valence electrons. The molecule has 0 spiro atoms. The van der Waals surface area contributed by atoms with Gasteiger partial charge in [0.1, 0.15) is 0 Å². The summed E-state index contributed by atoms with van der Waals surface area (Å²) in [5.41, 5.74) is 0.857. The van der Waals surface area contributed by atoms with Crippen LogP contribution in [0, 0.1) is 5.92 Å². The van der Waals surface area contributed by atoms with Gasteiger partial charge in [0, 0.05) is 25.4 Å². The highest BCUT2D eigenvalue weighted by molar-refractivity contribution is 7.99. The quantitative estimate of drug-likeness (QED) is 0.794. The first-order chi connectivity index (χ1) is 7.08. The van der Waals surface area contributed by atoms with E-state index in [1.54, 1.807) is 16.4 Å². The minimum absolute atomic E-state index is 0.314. The van der Waals surface area contributed by atoms with Gasteiger partial charge in [-0.15, -0.1) is 5.10 Å². The van der Waals surface area contributed by atoms with Crippen molar-refractivity contribution in [3.05, 3.63) is 11.9 Å². The van der Waals surface area contributed by atoms with E-state index >= 15 is 0 Å². The Bertz CT molecular complexity index is 288. The number of rotatable bonds is 6. The summed E-state index contributed by atoms with van der Waals surface area (Å²) in [7, 11) is 1.83. The molecular weight excluding hydrogens is 210 g/mol. The third kappa shape index (κ3) is 5.18. The molecular formula is C10H19N3OS. The Morgan fingerprint density at radius 1 is 1.47 bits per heavy atom. The first-order valence-electron chi connectivity index (χ1n) is 5.19. The van der Waals surface area contributed by atoms with Crippen LogP contribution in [0.25, 0.3) is 0 Å². The fourth-order valence-electron chi connectivity index (χ4n) is 1.23. The summed E-state index contributed by atoms with van der Waals surface area (Å²) >= 11 is 1.79. The van der Waals surface area contributed by atoms with Gasteiger partial charge in [-0.05, 0) is 11.7 Å². The lowest BCUT2D eigenvalue weighted by Crippen LogP contribution is -2.14. The van der Waals surface area contributed by atoms with Gasteiger partial charge in [0.25, 0.3) is 0 Å². The summed E-state index contributed by atoms with van der Waals surface area (Å²) in [5.74, 6) is 2.55. The summed E-state index contributed by atoms with van der Waals surface area (Å²) in [6.07, 6.45) is 2.13. The van der Waals surface area contributed by atoms with Crippen LogP contribution in [-0.2, 0) is 13.5 Å². The molecule has 0 aromatic carbocycles. The molecule has 1 rings (SSSR count). The summed E-state index contributed by atoms with van der Waals surface area (Å²) in [5, 5.41) is 17.5. The molecule has 0 saturated carbocycles. The summed E-state index contributed by atoms with van der Waals surface area (Å²) in [6.45, 7) is 4.37. The Morgan fingerprint density at radius 3 is 2.73 bits per heavy atom. The number of hydrogen-bond donors (Lipinski definition) is 1. The van der Waals surface area contributed by atoms with Gasteiger partial charge in [0.2, 0.25) is 0 Å². The molecule has 0 fully saturated rings. The van der Waals surface area contributed by atoms with Gasteiger partial charge in [-0.25, -0.2) is 0 Å². The van der Waals surface area contributed by atoms with Gasteiger partial charge >= 0.3 is 0 Å². The fraction of sp³-hybridized carbons (Fsp3) is 0.800. The smallest absolute Gasteiger partial charge is 0.0853 e.